The second kappa shape index (κ2) is 9.75. The van der Waals surface area contributed by atoms with Crippen LogP contribution in [0.2, 0.25) is 0 Å². The Morgan fingerprint density at radius 1 is 1.18 bits per heavy atom. The molecule has 0 aliphatic heterocycles. The van der Waals surface area contributed by atoms with Crippen LogP contribution in [0.5, 0.6) is 0 Å². The molecule has 1 saturated carbocycles. The Morgan fingerprint density at radius 2 is 1.91 bits per heavy atom. The summed E-state index contributed by atoms with van der Waals surface area (Å²) in [6.07, 6.45) is 15.3. The molecule has 1 aliphatic rings. The molecule has 0 heterocycles. The van der Waals surface area contributed by atoms with Gasteiger partial charge in [0.1, 0.15) is 0 Å². The lowest BCUT2D eigenvalue weighted by molar-refractivity contribution is 0.0673. The van der Waals surface area contributed by atoms with E-state index < -0.39 is 5.60 Å². The first-order valence-electron chi connectivity index (χ1n) is 9.74. The molecule has 1 nitrogen and oxygen atoms in total. The standard InChI is InChI=1S/C21H40O/c1-6-18-13-10-11-17(3)20(15-14-19(18)7-2)12-8-9-16-21(4,5)22/h6,17,19-20,22H,7-16H2,1-5H3/b18-6+. The van der Waals surface area contributed by atoms with Crippen molar-refractivity contribution < 1.29 is 5.11 Å². The van der Waals surface area contributed by atoms with E-state index in [9.17, 15) is 5.11 Å². The molecule has 1 aliphatic carbocycles. The molecule has 0 saturated heterocycles. The third kappa shape index (κ3) is 7.31. The molecule has 0 aromatic carbocycles. The lowest BCUT2D eigenvalue weighted by atomic mass is 9.81. The topological polar surface area (TPSA) is 20.2 Å². The van der Waals surface area contributed by atoms with Crippen molar-refractivity contribution in [2.45, 2.75) is 104 Å². The highest BCUT2D eigenvalue weighted by Gasteiger charge is 2.23. The number of hydrogen-bond acceptors (Lipinski definition) is 1. The molecule has 0 bridgehead atoms. The van der Waals surface area contributed by atoms with Gasteiger partial charge in [-0.3, -0.25) is 0 Å². The molecule has 0 spiro atoms. The van der Waals surface area contributed by atoms with Gasteiger partial charge in [-0.1, -0.05) is 51.2 Å². The van der Waals surface area contributed by atoms with Crippen molar-refractivity contribution in [1.29, 1.82) is 0 Å². The zero-order chi connectivity index (χ0) is 16.6. The Bertz CT molecular complexity index is 323. The Balaban J connectivity index is 2.50. The van der Waals surface area contributed by atoms with Gasteiger partial charge in [0.15, 0.2) is 0 Å². The van der Waals surface area contributed by atoms with Gasteiger partial charge in [0.05, 0.1) is 5.60 Å². The van der Waals surface area contributed by atoms with Crippen LogP contribution in [0.25, 0.3) is 0 Å². The minimum atomic E-state index is -0.488. The molecule has 3 unspecified atom stereocenters. The maximum absolute atomic E-state index is 9.84. The highest BCUT2D eigenvalue weighted by Crippen LogP contribution is 2.36. The highest BCUT2D eigenvalue weighted by molar-refractivity contribution is 5.06. The highest BCUT2D eigenvalue weighted by atomic mass is 16.3. The maximum Gasteiger partial charge on any atom is 0.0591 e. The largest absolute Gasteiger partial charge is 0.390 e. The molecule has 1 rings (SSSR count). The molecular weight excluding hydrogens is 268 g/mol. The summed E-state index contributed by atoms with van der Waals surface area (Å²) >= 11 is 0. The van der Waals surface area contributed by atoms with Crippen LogP contribution in [0, 0.1) is 17.8 Å². The predicted molar refractivity (Wildman–Crippen MR) is 98.0 cm³/mol. The van der Waals surface area contributed by atoms with Crippen molar-refractivity contribution in [3.05, 3.63) is 11.6 Å². The van der Waals surface area contributed by atoms with Gasteiger partial charge < -0.3 is 5.11 Å². The number of allylic oxidation sites excluding steroid dienone is 2. The van der Waals surface area contributed by atoms with Gasteiger partial charge in [-0.15, -0.1) is 0 Å². The first kappa shape index (κ1) is 19.7. The van der Waals surface area contributed by atoms with Crippen LogP contribution in [0.4, 0.5) is 0 Å². The van der Waals surface area contributed by atoms with Crippen molar-refractivity contribution in [3.63, 3.8) is 0 Å². The summed E-state index contributed by atoms with van der Waals surface area (Å²) in [6, 6.07) is 0. The van der Waals surface area contributed by atoms with E-state index in [1.54, 1.807) is 5.57 Å². The van der Waals surface area contributed by atoms with Crippen LogP contribution in [0.1, 0.15) is 98.8 Å². The van der Waals surface area contributed by atoms with Crippen LogP contribution in [-0.2, 0) is 0 Å². The van der Waals surface area contributed by atoms with Gasteiger partial charge in [0.25, 0.3) is 0 Å². The molecule has 1 fully saturated rings. The van der Waals surface area contributed by atoms with Crippen LogP contribution in [0.3, 0.4) is 0 Å². The molecule has 0 radical (unpaired) electrons. The summed E-state index contributed by atoms with van der Waals surface area (Å²) in [7, 11) is 0. The predicted octanol–water partition coefficient (Wildman–Crippen LogP) is 6.51. The van der Waals surface area contributed by atoms with Crippen LogP contribution >= 0.6 is 0 Å². The van der Waals surface area contributed by atoms with Gasteiger partial charge >= 0.3 is 0 Å². The van der Waals surface area contributed by atoms with E-state index in [2.05, 4.69) is 26.8 Å². The third-order valence-corrected chi connectivity index (χ3v) is 5.82. The fraction of sp³-hybridized carbons (Fsp3) is 0.905. The van der Waals surface area contributed by atoms with E-state index >= 15 is 0 Å². The van der Waals surface area contributed by atoms with Crippen molar-refractivity contribution in [2.24, 2.45) is 17.8 Å². The number of rotatable bonds is 6. The normalized spacial score (nSPS) is 29.9. The van der Waals surface area contributed by atoms with Gasteiger partial charge in [-0.25, -0.2) is 0 Å². The average molecular weight is 309 g/mol. The first-order valence-corrected chi connectivity index (χ1v) is 9.74. The van der Waals surface area contributed by atoms with Crippen molar-refractivity contribution in [1.82, 2.24) is 0 Å². The molecule has 1 N–H and O–H groups in total. The van der Waals surface area contributed by atoms with E-state index in [1.165, 1.54) is 57.8 Å². The zero-order valence-corrected chi connectivity index (χ0v) is 15.8. The van der Waals surface area contributed by atoms with Crippen LogP contribution < -0.4 is 0 Å². The molecule has 22 heavy (non-hydrogen) atoms. The fourth-order valence-electron chi connectivity index (χ4n) is 4.19. The van der Waals surface area contributed by atoms with Gasteiger partial charge in [-0.2, -0.15) is 0 Å². The molecule has 130 valence electrons. The lowest BCUT2D eigenvalue weighted by Gasteiger charge is -2.25. The van der Waals surface area contributed by atoms with E-state index in [4.69, 9.17) is 0 Å². The van der Waals surface area contributed by atoms with E-state index in [0.717, 1.165) is 24.2 Å². The van der Waals surface area contributed by atoms with Gasteiger partial charge in [0, 0.05) is 0 Å². The molecular formula is C21H40O. The van der Waals surface area contributed by atoms with Crippen LogP contribution in [0.15, 0.2) is 11.6 Å². The Labute approximate surface area is 139 Å². The molecule has 3 atom stereocenters. The average Bonchev–Trinajstić information content (AvgIpc) is 2.52. The zero-order valence-electron chi connectivity index (χ0n) is 15.8. The molecule has 0 amide bonds. The van der Waals surface area contributed by atoms with Crippen LogP contribution in [-0.4, -0.2) is 10.7 Å². The van der Waals surface area contributed by atoms with E-state index in [0.29, 0.717) is 0 Å². The quantitative estimate of drug-likeness (QED) is 0.438. The van der Waals surface area contributed by atoms with Crippen molar-refractivity contribution in [2.75, 3.05) is 0 Å². The Hall–Kier alpha value is -0.300. The van der Waals surface area contributed by atoms with Crippen molar-refractivity contribution in [3.8, 4) is 0 Å². The molecule has 1 heteroatoms. The number of aliphatic hydroxyl groups is 1. The summed E-state index contributed by atoms with van der Waals surface area (Å²) in [5, 5.41) is 9.84. The lowest BCUT2D eigenvalue weighted by Crippen LogP contribution is -2.18. The molecule has 0 aromatic rings. The minimum Gasteiger partial charge on any atom is -0.390 e. The fourth-order valence-corrected chi connectivity index (χ4v) is 4.19. The van der Waals surface area contributed by atoms with Gasteiger partial charge in [0.2, 0.25) is 0 Å². The van der Waals surface area contributed by atoms with E-state index in [1.807, 2.05) is 13.8 Å². The number of unbranched alkanes of at least 4 members (excludes halogenated alkanes) is 1. The SMILES string of the molecule is C/C=C1\CCCC(C)C(CCCCC(C)(C)O)CCC1CC. The van der Waals surface area contributed by atoms with E-state index in [-0.39, 0.29) is 0 Å². The summed E-state index contributed by atoms with van der Waals surface area (Å²) in [4.78, 5) is 0. The molecule has 0 aromatic heterocycles. The Morgan fingerprint density at radius 3 is 2.50 bits per heavy atom. The van der Waals surface area contributed by atoms with Crippen molar-refractivity contribution >= 4 is 0 Å². The smallest absolute Gasteiger partial charge is 0.0591 e. The second-order valence-electron chi connectivity index (χ2n) is 8.23. The summed E-state index contributed by atoms with van der Waals surface area (Å²) in [6.45, 7) is 10.9. The first-order chi connectivity index (χ1) is 10.4. The summed E-state index contributed by atoms with van der Waals surface area (Å²) in [5.41, 5.74) is 1.23. The third-order valence-electron chi connectivity index (χ3n) is 5.82. The summed E-state index contributed by atoms with van der Waals surface area (Å²) in [5.74, 6) is 2.59. The minimum absolute atomic E-state index is 0.488. The maximum atomic E-state index is 9.84. The summed E-state index contributed by atoms with van der Waals surface area (Å²) < 4.78 is 0. The number of hydrogen-bond donors (Lipinski definition) is 1. The second-order valence-corrected chi connectivity index (χ2v) is 8.23. The van der Waals surface area contributed by atoms with Gasteiger partial charge in [-0.05, 0) is 77.0 Å². The monoisotopic (exact) mass is 308 g/mol. The Kier molecular flexibility index (Phi) is 8.75.